The van der Waals surface area contributed by atoms with Crippen LogP contribution in [-0.4, -0.2) is 49.3 Å². The van der Waals surface area contributed by atoms with Gasteiger partial charge in [0.1, 0.15) is 0 Å². The van der Waals surface area contributed by atoms with Crippen molar-refractivity contribution in [3.8, 4) is 0 Å². The molecule has 4 N–H and O–H groups in total. The monoisotopic (exact) mass is 474 g/mol. The molecule has 0 atom stereocenters. The lowest BCUT2D eigenvalue weighted by atomic mass is 10.0. The first kappa shape index (κ1) is 22.7. The zero-order chi connectivity index (χ0) is 18.1. The summed E-state index contributed by atoms with van der Waals surface area (Å²) in [6, 6.07) is 7.63. The number of hydrogen-bond donors (Lipinski definition) is 4. The van der Waals surface area contributed by atoms with Crippen LogP contribution in [0.2, 0.25) is 0 Å². The fourth-order valence-electron chi connectivity index (χ4n) is 3.10. The Bertz CT molecular complexity index is 601. The van der Waals surface area contributed by atoms with Crippen LogP contribution in [0.3, 0.4) is 0 Å². The average Bonchev–Trinajstić information content (AvgIpc) is 3.06. The predicted octanol–water partition coefficient (Wildman–Crippen LogP) is 2.07. The molecular formula is C19H31IN4O2. The van der Waals surface area contributed by atoms with Crippen molar-refractivity contribution >= 4 is 35.8 Å². The fourth-order valence-corrected chi connectivity index (χ4v) is 3.10. The van der Waals surface area contributed by atoms with Crippen molar-refractivity contribution < 1.29 is 9.90 Å². The van der Waals surface area contributed by atoms with Crippen molar-refractivity contribution in [2.75, 3.05) is 26.7 Å². The van der Waals surface area contributed by atoms with E-state index in [-0.39, 0.29) is 29.9 Å². The first-order valence-electron chi connectivity index (χ1n) is 9.12. The maximum absolute atomic E-state index is 11.7. The molecule has 146 valence electrons. The molecule has 7 heteroatoms. The summed E-state index contributed by atoms with van der Waals surface area (Å²) in [6.07, 6.45) is 4.62. The van der Waals surface area contributed by atoms with Crippen molar-refractivity contribution in [3.05, 3.63) is 35.4 Å². The van der Waals surface area contributed by atoms with Gasteiger partial charge >= 0.3 is 0 Å². The van der Waals surface area contributed by atoms with Crippen LogP contribution < -0.4 is 16.0 Å². The van der Waals surface area contributed by atoms with Crippen molar-refractivity contribution in [1.82, 2.24) is 16.0 Å². The van der Waals surface area contributed by atoms with Crippen LogP contribution in [-0.2, 0) is 6.42 Å². The van der Waals surface area contributed by atoms with E-state index in [0.717, 1.165) is 50.2 Å². The van der Waals surface area contributed by atoms with E-state index >= 15 is 0 Å². The van der Waals surface area contributed by atoms with Gasteiger partial charge in [0.25, 0.3) is 5.91 Å². The zero-order valence-corrected chi connectivity index (χ0v) is 18.0. The number of nitrogens with zero attached hydrogens (tertiary/aromatic N) is 1. The number of aliphatic imine (C=N–C) groups is 1. The van der Waals surface area contributed by atoms with E-state index in [2.05, 4.69) is 20.9 Å². The third-order valence-corrected chi connectivity index (χ3v) is 4.53. The number of halogens is 1. The summed E-state index contributed by atoms with van der Waals surface area (Å²) in [6.45, 7) is 3.95. The third-order valence-electron chi connectivity index (χ3n) is 4.53. The summed E-state index contributed by atoms with van der Waals surface area (Å²) in [4.78, 5) is 16.2. The van der Waals surface area contributed by atoms with Gasteiger partial charge in [0.2, 0.25) is 0 Å². The van der Waals surface area contributed by atoms with E-state index in [1.54, 1.807) is 7.05 Å². The maximum atomic E-state index is 11.7. The van der Waals surface area contributed by atoms with E-state index in [9.17, 15) is 9.90 Å². The summed E-state index contributed by atoms with van der Waals surface area (Å²) in [5, 5.41) is 19.6. The highest BCUT2D eigenvalue weighted by Crippen LogP contribution is 2.29. The lowest BCUT2D eigenvalue weighted by molar-refractivity contribution is 0.0574. The van der Waals surface area contributed by atoms with Crippen LogP contribution in [0.4, 0.5) is 0 Å². The Morgan fingerprint density at radius 2 is 2.00 bits per heavy atom. The van der Waals surface area contributed by atoms with Crippen molar-refractivity contribution in [3.63, 3.8) is 0 Å². The fraction of sp³-hybridized carbons (Fsp3) is 0.579. The van der Waals surface area contributed by atoms with Crippen LogP contribution in [0.15, 0.2) is 29.3 Å². The van der Waals surface area contributed by atoms with Gasteiger partial charge in [-0.2, -0.15) is 0 Å². The van der Waals surface area contributed by atoms with Crippen LogP contribution in [0.1, 0.15) is 48.5 Å². The van der Waals surface area contributed by atoms with Gasteiger partial charge in [0.05, 0.1) is 12.1 Å². The van der Waals surface area contributed by atoms with E-state index in [0.29, 0.717) is 18.7 Å². The van der Waals surface area contributed by atoms with Crippen molar-refractivity contribution in [2.45, 2.75) is 44.6 Å². The molecule has 1 aliphatic carbocycles. The first-order valence-corrected chi connectivity index (χ1v) is 9.12. The van der Waals surface area contributed by atoms with Gasteiger partial charge in [0, 0.05) is 25.7 Å². The molecule has 6 nitrogen and oxygen atoms in total. The highest BCUT2D eigenvalue weighted by molar-refractivity contribution is 14.0. The maximum Gasteiger partial charge on any atom is 0.251 e. The summed E-state index contributed by atoms with van der Waals surface area (Å²) in [5.74, 6) is 0.653. The number of aliphatic hydroxyl groups is 1. The van der Waals surface area contributed by atoms with Crippen molar-refractivity contribution in [1.29, 1.82) is 0 Å². The minimum atomic E-state index is -0.635. The Morgan fingerprint density at radius 1 is 1.27 bits per heavy atom. The molecule has 0 radical (unpaired) electrons. The molecule has 0 saturated heterocycles. The molecule has 1 saturated carbocycles. The Kier molecular flexibility index (Phi) is 9.93. The standard InChI is InChI=1S/C19H30N4O2.HI/c1-3-21-18(23-14-19(25)10-4-5-11-19)22-12-9-15-7-6-8-16(13-15)17(24)20-2;/h6-8,13,25H,3-5,9-12,14H2,1-2H3,(H,20,24)(H2,21,22,23);1H. The summed E-state index contributed by atoms with van der Waals surface area (Å²) in [5.41, 5.74) is 1.13. The average molecular weight is 474 g/mol. The van der Waals surface area contributed by atoms with E-state index in [1.807, 2.05) is 31.2 Å². The number of amides is 1. The van der Waals surface area contributed by atoms with Gasteiger partial charge in [-0.15, -0.1) is 24.0 Å². The Labute approximate surface area is 173 Å². The number of carbonyl (C=O) groups is 1. The highest BCUT2D eigenvalue weighted by Gasteiger charge is 2.30. The molecular weight excluding hydrogens is 443 g/mol. The van der Waals surface area contributed by atoms with Gasteiger partial charge in [0.15, 0.2) is 5.96 Å². The molecule has 1 amide bonds. The normalized spacial score (nSPS) is 15.9. The summed E-state index contributed by atoms with van der Waals surface area (Å²) in [7, 11) is 1.63. The van der Waals surface area contributed by atoms with Gasteiger partial charge in [-0.1, -0.05) is 25.0 Å². The molecule has 0 unspecified atom stereocenters. The second-order valence-corrected chi connectivity index (χ2v) is 6.58. The molecule has 1 aromatic carbocycles. The second-order valence-electron chi connectivity index (χ2n) is 6.58. The molecule has 1 aliphatic rings. The molecule has 0 spiro atoms. The van der Waals surface area contributed by atoms with Gasteiger partial charge in [-0.3, -0.25) is 9.79 Å². The SMILES string of the molecule is CCNC(=NCC1(O)CCCC1)NCCc1cccc(C(=O)NC)c1.I. The Morgan fingerprint density at radius 3 is 2.65 bits per heavy atom. The number of guanidine groups is 1. The lowest BCUT2D eigenvalue weighted by Gasteiger charge is -2.20. The largest absolute Gasteiger partial charge is 0.388 e. The van der Waals surface area contributed by atoms with Crippen LogP contribution >= 0.6 is 24.0 Å². The van der Waals surface area contributed by atoms with Crippen molar-refractivity contribution in [2.24, 2.45) is 4.99 Å². The number of benzene rings is 1. The molecule has 26 heavy (non-hydrogen) atoms. The topological polar surface area (TPSA) is 85.8 Å². The van der Waals surface area contributed by atoms with Gasteiger partial charge < -0.3 is 21.1 Å². The van der Waals surface area contributed by atoms with Gasteiger partial charge in [-0.25, -0.2) is 0 Å². The quantitative estimate of drug-likeness (QED) is 0.277. The number of carbonyl (C=O) groups excluding carboxylic acids is 1. The second kappa shape index (κ2) is 11.4. The molecule has 1 aromatic rings. The summed E-state index contributed by atoms with van der Waals surface area (Å²) >= 11 is 0. The lowest BCUT2D eigenvalue weighted by Crippen LogP contribution is -2.40. The molecule has 0 aromatic heterocycles. The molecule has 2 rings (SSSR count). The highest BCUT2D eigenvalue weighted by atomic mass is 127. The number of nitrogens with one attached hydrogen (secondary N) is 3. The van der Waals surface area contributed by atoms with Crippen LogP contribution in [0, 0.1) is 0 Å². The van der Waals surface area contributed by atoms with E-state index in [4.69, 9.17) is 0 Å². The Balaban J connectivity index is 0.00000338. The van der Waals surface area contributed by atoms with Crippen LogP contribution in [0.25, 0.3) is 0 Å². The molecule has 0 bridgehead atoms. The number of hydrogen-bond acceptors (Lipinski definition) is 3. The summed E-state index contributed by atoms with van der Waals surface area (Å²) < 4.78 is 0. The minimum absolute atomic E-state index is 0. The molecule has 1 fully saturated rings. The molecule has 0 aliphatic heterocycles. The van der Waals surface area contributed by atoms with E-state index < -0.39 is 5.60 Å². The Hall–Kier alpha value is -1.35. The van der Waals surface area contributed by atoms with Gasteiger partial charge in [-0.05, 0) is 43.9 Å². The molecule has 0 heterocycles. The van der Waals surface area contributed by atoms with E-state index in [1.165, 1.54) is 0 Å². The first-order chi connectivity index (χ1) is 12.1. The predicted molar refractivity (Wildman–Crippen MR) is 116 cm³/mol. The minimum Gasteiger partial charge on any atom is -0.388 e. The number of rotatable bonds is 7. The third kappa shape index (κ3) is 7.11. The zero-order valence-electron chi connectivity index (χ0n) is 15.7. The smallest absolute Gasteiger partial charge is 0.251 e. The van der Waals surface area contributed by atoms with Crippen LogP contribution in [0.5, 0.6) is 0 Å².